The van der Waals surface area contributed by atoms with Gasteiger partial charge in [-0.2, -0.15) is 0 Å². The zero-order chi connectivity index (χ0) is 19.9. The van der Waals surface area contributed by atoms with E-state index in [0.717, 1.165) is 0 Å². The van der Waals surface area contributed by atoms with Crippen molar-refractivity contribution < 1.29 is 18.4 Å². The zero-order valence-electron chi connectivity index (χ0n) is 15.0. The highest BCUT2D eigenvalue weighted by molar-refractivity contribution is 9.10. The van der Waals surface area contributed by atoms with Gasteiger partial charge in [0.2, 0.25) is 0 Å². The number of halogens is 2. The summed E-state index contributed by atoms with van der Waals surface area (Å²) in [6.07, 6.45) is 1.05. The average molecular weight is 462 g/mol. The molecule has 2 rings (SSSR count). The van der Waals surface area contributed by atoms with Crippen molar-refractivity contribution in [2.45, 2.75) is 26.7 Å². The monoisotopic (exact) mass is 461 g/mol. The second-order valence-corrected chi connectivity index (χ2v) is 9.35. The second-order valence-electron chi connectivity index (χ2n) is 5.54. The SMILES string of the molecule is CCS(=O)(CC)=NCCCc1nonc1C(=Nc1ccc(F)c(Br)c1)NO. The first kappa shape index (κ1) is 21.5. The minimum absolute atomic E-state index is 0.0209. The molecule has 0 saturated carbocycles. The Morgan fingerprint density at radius 2 is 2.11 bits per heavy atom. The molecule has 0 atom stereocenters. The Kier molecular flexibility index (Phi) is 7.87. The van der Waals surface area contributed by atoms with Gasteiger partial charge in [0.1, 0.15) is 11.5 Å². The van der Waals surface area contributed by atoms with Crippen LogP contribution in [0.3, 0.4) is 0 Å². The molecule has 27 heavy (non-hydrogen) atoms. The number of hydrogen-bond donors (Lipinski definition) is 2. The molecule has 0 saturated heterocycles. The molecule has 0 radical (unpaired) electrons. The molecule has 0 bridgehead atoms. The van der Waals surface area contributed by atoms with Crippen LogP contribution in [-0.4, -0.2) is 43.6 Å². The summed E-state index contributed by atoms with van der Waals surface area (Å²) < 4.78 is 34.9. The van der Waals surface area contributed by atoms with Gasteiger partial charge >= 0.3 is 0 Å². The van der Waals surface area contributed by atoms with Crippen molar-refractivity contribution in [2.75, 3.05) is 18.1 Å². The molecule has 8 nitrogen and oxygen atoms in total. The summed E-state index contributed by atoms with van der Waals surface area (Å²) in [4.78, 5) is 4.20. The highest BCUT2D eigenvalue weighted by Gasteiger charge is 2.16. The molecule has 0 unspecified atom stereocenters. The summed E-state index contributed by atoms with van der Waals surface area (Å²) in [6.45, 7) is 4.15. The van der Waals surface area contributed by atoms with Crippen molar-refractivity contribution in [1.29, 1.82) is 0 Å². The first-order valence-corrected chi connectivity index (χ1v) is 11.0. The van der Waals surface area contributed by atoms with E-state index in [4.69, 9.17) is 4.63 Å². The number of benzene rings is 1. The van der Waals surface area contributed by atoms with E-state index in [1.807, 2.05) is 19.3 Å². The molecule has 1 aromatic carbocycles. The molecule has 0 amide bonds. The molecule has 11 heteroatoms. The number of hydroxylamine groups is 1. The van der Waals surface area contributed by atoms with Crippen LogP contribution in [0.2, 0.25) is 0 Å². The van der Waals surface area contributed by atoms with Gasteiger partial charge in [-0.3, -0.25) is 10.7 Å². The van der Waals surface area contributed by atoms with Crippen LogP contribution >= 0.6 is 15.9 Å². The van der Waals surface area contributed by atoms with Gasteiger partial charge in [0.05, 0.1) is 10.2 Å². The first-order valence-electron chi connectivity index (χ1n) is 8.36. The maximum atomic E-state index is 13.3. The van der Waals surface area contributed by atoms with Crippen LogP contribution in [0.1, 0.15) is 31.7 Å². The van der Waals surface area contributed by atoms with Crippen molar-refractivity contribution in [3.63, 3.8) is 0 Å². The Balaban J connectivity index is 2.15. The number of aromatic nitrogens is 2. The Morgan fingerprint density at radius 3 is 2.74 bits per heavy atom. The molecular weight excluding hydrogens is 441 g/mol. The fraction of sp³-hybridized carbons (Fsp3) is 0.438. The molecule has 2 N–H and O–H groups in total. The minimum Gasteiger partial charge on any atom is -0.290 e. The summed E-state index contributed by atoms with van der Waals surface area (Å²) in [5.41, 5.74) is 3.09. The second kappa shape index (κ2) is 9.90. The van der Waals surface area contributed by atoms with Crippen LogP contribution in [0.25, 0.3) is 0 Å². The lowest BCUT2D eigenvalue weighted by atomic mass is 10.2. The van der Waals surface area contributed by atoms with E-state index in [9.17, 15) is 13.8 Å². The van der Waals surface area contributed by atoms with Gasteiger partial charge in [0.15, 0.2) is 11.5 Å². The van der Waals surface area contributed by atoms with Crippen molar-refractivity contribution in [1.82, 2.24) is 15.8 Å². The van der Waals surface area contributed by atoms with Crippen LogP contribution in [0.15, 0.2) is 36.7 Å². The Hall–Kier alpha value is -1.85. The molecule has 0 aliphatic carbocycles. The summed E-state index contributed by atoms with van der Waals surface area (Å²) in [6, 6.07) is 4.17. The number of amidine groups is 1. The zero-order valence-corrected chi connectivity index (χ0v) is 17.4. The topological polar surface area (TPSA) is 113 Å². The van der Waals surface area contributed by atoms with Crippen LogP contribution in [0, 0.1) is 5.82 Å². The Morgan fingerprint density at radius 1 is 1.37 bits per heavy atom. The lowest BCUT2D eigenvalue weighted by Crippen LogP contribution is -2.22. The molecule has 0 aliphatic heterocycles. The predicted molar refractivity (Wildman–Crippen MR) is 104 cm³/mol. The van der Waals surface area contributed by atoms with Crippen LogP contribution in [0.5, 0.6) is 0 Å². The van der Waals surface area contributed by atoms with E-state index in [0.29, 0.717) is 42.3 Å². The van der Waals surface area contributed by atoms with Gasteiger partial charge in [-0.25, -0.2) is 22.6 Å². The summed E-state index contributed by atoms with van der Waals surface area (Å²) in [5.74, 6) is 0.653. The Labute approximate surface area is 165 Å². The fourth-order valence-corrected chi connectivity index (χ4v) is 3.83. The van der Waals surface area contributed by atoms with E-state index < -0.39 is 15.5 Å². The quantitative estimate of drug-likeness (QED) is 0.269. The van der Waals surface area contributed by atoms with Crippen LogP contribution in [0.4, 0.5) is 10.1 Å². The third kappa shape index (κ3) is 5.81. The number of rotatable bonds is 8. The van der Waals surface area contributed by atoms with Gasteiger partial charge in [-0.05, 0) is 52.1 Å². The van der Waals surface area contributed by atoms with Gasteiger partial charge in [0, 0.05) is 27.8 Å². The van der Waals surface area contributed by atoms with Gasteiger partial charge < -0.3 is 0 Å². The van der Waals surface area contributed by atoms with Crippen molar-refractivity contribution in [3.8, 4) is 0 Å². The number of aliphatic imine (C=N–C) groups is 1. The molecular formula is C16H21BrFN5O3S. The Bertz CT molecular complexity index is 915. The summed E-state index contributed by atoms with van der Waals surface area (Å²) >= 11 is 3.08. The summed E-state index contributed by atoms with van der Waals surface area (Å²) in [5, 5.41) is 17.0. The molecule has 0 spiro atoms. The third-order valence-corrected chi connectivity index (χ3v) is 6.90. The minimum atomic E-state index is -2.13. The van der Waals surface area contributed by atoms with E-state index in [1.54, 1.807) is 0 Å². The first-order chi connectivity index (χ1) is 12.9. The van der Waals surface area contributed by atoms with E-state index >= 15 is 0 Å². The normalized spacial score (nSPS) is 12.3. The van der Waals surface area contributed by atoms with Gasteiger partial charge in [-0.1, -0.05) is 19.0 Å². The fourth-order valence-electron chi connectivity index (χ4n) is 2.23. The van der Waals surface area contributed by atoms with Crippen molar-refractivity contribution in [2.24, 2.45) is 9.36 Å². The van der Waals surface area contributed by atoms with Crippen LogP contribution < -0.4 is 5.48 Å². The van der Waals surface area contributed by atoms with Gasteiger partial charge in [0.25, 0.3) is 0 Å². The maximum Gasteiger partial charge on any atom is 0.181 e. The predicted octanol–water partition coefficient (Wildman–Crippen LogP) is 3.47. The van der Waals surface area contributed by atoms with E-state index in [2.05, 4.69) is 35.6 Å². The maximum absolute atomic E-state index is 13.3. The molecule has 2 aromatic rings. The van der Waals surface area contributed by atoms with Crippen LogP contribution in [-0.2, 0) is 16.1 Å². The van der Waals surface area contributed by atoms with Crippen molar-refractivity contribution in [3.05, 3.63) is 39.9 Å². The lowest BCUT2D eigenvalue weighted by molar-refractivity contribution is 0.234. The standard InChI is InChI=1S/C16H21BrFN5O3S/c1-3-27(25,4-2)19-9-5-6-14-15(23-26-22-14)16(21-24)20-11-7-8-13(18)12(17)10-11/h7-8,10,24H,3-6,9H2,1-2H3,(H,20,21). The van der Waals surface area contributed by atoms with E-state index in [1.165, 1.54) is 18.2 Å². The van der Waals surface area contributed by atoms with Gasteiger partial charge in [-0.15, -0.1) is 0 Å². The molecule has 1 heterocycles. The number of nitrogens with zero attached hydrogens (tertiary/aromatic N) is 4. The number of nitrogens with one attached hydrogen (secondary N) is 1. The largest absolute Gasteiger partial charge is 0.290 e. The molecule has 0 fully saturated rings. The van der Waals surface area contributed by atoms with E-state index in [-0.39, 0.29) is 16.0 Å². The highest BCUT2D eigenvalue weighted by atomic mass is 79.9. The van der Waals surface area contributed by atoms with Crippen molar-refractivity contribution >= 4 is 37.2 Å². The number of aryl methyl sites for hydroxylation is 1. The third-order valence-electron chi connectivity index (χ3n) is 3.83. The average Bonchev–Trinajstić information content (AvgIpc) is 3.14. The number of hydrogen-bond acceptors (Lipinski definition) is 7. The smallest absolute Gasteiger partial charge is 0.181 e. The summed E-state index contributed by atoms with van der Waals surface area (Å²) in [7, 11) is -2.13. The lowest BCUT2D eigenvalue weighted by Gasteiger charge is -2.05. The molecule has 148 valence electrons. The highest BCUT2D eigenvalue weighted by Crippen LogP contribution is 2.23. The molecule has 0 aliphatic rings. The molecule has 1 aromatic heterocycles.